The number of allylic oxidation sites excluding steroid dienone is 2. The number of phenolic OH excluding ortho intramolecular Hbond substituents is 1. The van der Waals surface area contributed by atoms with E-state index >= 15 is 0 Å². The lowest BCUT2D eigenvalue weighted by Crippen LogP contribution is -1.97. The molecule has 80 valence electrons. The molecule has 0 heterocycles. The van der Waals surface area contributed by atoms with Gasteiger partial charge in [-0.1, -0.05) is 31.2 Å². The highest BCUT2D eigenvalue weighted by Crippen LogP contribution is 2.31. The molecule has 0 saturated carbocycles. The van der Waals surface area contributed by atoms with E-state index in [0.717, 1.165) is 6.42 Å². The van der Waals surface area contributed by atoms with E-state index in [2.05, 4.69) is 19.1 Å². The SMILES string of the molecule is CC1C=CCC(c2ccc(O)cc2)CC1. The molecule has 0 amide bonds. The summed E-state index contributed by atoms with van der Waals surface area (Å²) in [4.78, 5) is 0. The summed E-state index contributed by atoms with van der Waals surface area (Å²) in [7, 11) is 0. The molecule has 2 rings (SSSR count). The Hall–Kier alpha value is -1.24. The third-order valence-corrected chi connectivity index (χ3v) is 3.22. The maximum atomic E-state index is 9.24. The molecule has 0 fully saturated rings. The molecular formula is C14H18O. The Balaban J connectivity index is 2.11. The molecule has 1 nitrogen and oxygen atoms in total. The Morgan fingerprint density at radius 1 is 1.13 bits per heavy atom. The molecule has 2 unspecified atom stereocenters. The van der Waals surface area contributed by atoms with Crippen molar-refractivity contribution in [3.63, 3.8) is 0 Å². The average molecular weight is 202 g/mol. The Kier molecular flexibility index (Phi) is 3.10. The average Bonchev–Trinajstić information content (AvgIpc) is 2.44. The molecule has 1 heteroatoms. The lowest BCUT2D eigenvalue weighted by atomic mass is 9.91. The fourth-order valence-electron chi connectivity index (χ4n) is 2.20. The summed E-state index contributed by atoms with van der Waals surface area (Å²) in [6.07, 6.45) is 8.27. The van der Waals surface area contributed by atoms with Crippen LogP contribution in [0.1, 0.15) is 37.7 Å². The summed E-state index contributed by atoms with van der Waals surface area (Å²) in [5, 5.41) is 9.24. The second-order valence-electron chi connectivity index (χ2n) is 4.51. The first-order chi connectivity index (χ1) is 7.25. The van der Waals surface area contributed by atoms with Gasteiger partial charge in [0, 0.05) is 0 Å². The minimum atomic E-state index is 0.358. The highest BCUT2D eigenvalue weighted by molar-refractivity contribution is 5.29. The first kappa shape index (κ1) is 10.3. The molecule has 0 aliphatic heterocycles. The van der Waals surface area contributed by atoms with Gasteiger partial charge in [-0.2, -0.15) is 0 Å². The normalized spacial score (nSPS) is 26.2. The molecule has 0 aromatic heterocycles. The van der Waals surface area contributed by atoms with Crippen LogP contribution < -0.4 is 0 Å². The highest BCUT2D eigenvalue weighted by Gasteiger charge is 2.14. The number of hydrogen-bond donors (Lipinski definition) is 1. The van der Waals surface area contributed by atoms with Crippen LogP contribution in [0.2, 0.25) is 0 Å². The number of rotatable bonds is 1. The molecule has 2 atom stereocenters. The van der Waals surface area contributed by atoms with Crippen molar-refractivity contribution in [2.24, 2.45) is 5.92 Å². The number of hydrogen-bond acceptors (Lipinski definition) is 1. The fraction of sp³-hybridized carbons (Fsp3) is 0.429. The van der Waals surface area contributed by atoms with Crippen molar-refractivity contribution >= 4 is 0 Å². The van der Waals surface area contributed by atoms with Crippen molar-refractivity contribution in [2.75, 3.05) is 0 Å². The van der Waals surface area contributed by atoms with Crippen molar-refractivity contribution in [2.45, 2.75) is 32.1 Å². The van der Waals surface area contributed by atoms with Gasteiger partial charge in [-0.15, -0.1) is 0 Å². The summed E-state index contributed by atoms with van der Waals surface area (Å²) < 4.78 is 0. The van der Waals surface area contributed by atoms with Crippen molar-refractivity contribution in [1.29, 1.82) is 0 Å². The Labute approximate surface area is 91.4 Å². The van der Waals surface area contributed by atoms with Crippen LogP contribution in [0.15, 0.2) is 36.4 Å². The molecule has 0 radical (unpaired) electrons. The van der Waals surface area contributed by atoms with E-state index in [-0.39, 0.29) is 0 Å². The minimum absolute atomic E-state index is 0.358. The van der Waals surface area contributed by atoms with Crippen LogP contribution in [0.5, 0.6) is 5.75 Å². The van der Waals surface area contributed by atoms with E-state index in [1.807, 2.05) is 12.1 Å². The standard InChI is InChI=1S/C14H18O/c1-11-3-2-4-12(6-5-11)13-7-9-14(15)10-8-13/h2-3,7-12,15H,4-6H2,1H3. The third kappa shape index (κ3) is 2.62. The Morgan fingerprint density at radius 2 is 1.87 bits per heavy atom. The van der Waals surface area contributed by atoms with E-state index in [0.29, 0.717) is 17.6 Å². The van der Waals surface area contributed by atoms with Crippen molar-refractivity contribution < 1.29 is 5.11 Å². The van der Waals surface area contributed by atoms with E-state index in [4.69, 9.17) is 0 Å². The number of phenols is 1. The molecule has 1 aliphatic rings. The van der Waals surface area contributed by atoms with Gasteiger partial charge in [0.2, 0.25) is 0 Å². The summed E-state index contributed by atoms with van der Waals surface area (Å²) >= 11 is 0. The maximum absolute atomic E-state index is 9.24. The van der Waals surface area contributed by atoms with Crippen molar-refractivity contribution in [1.82, 2.24) is 0 Å². The lowest BCUT2D eigenvalue weighted by Gasteiger charge is -2.14. The van der Waals surface area contributed by atoms with E-state index in [1.54, 1.807) is 12.1 Å². The van der Waals surface area contributed by atoms with E-state index < -0.39 is 0 Å². The first-order valence-corrected chi connectivity index (χ1v) is 5.71. The summed E-state index contributed by atoms with van der Waals surface area (Å²) in [5.74, 6) is 1.70. The van der Waals surface area contributed by atoms with E-state index in [9.17, 15) is 5.11 Å². The van der Waals surface area contributed by atoms with Crippen LogP contribution in [0, 0.1) is 5.92 Å². The fourth-order valence-corrected chi connectivity index (χ4v) is 2.20. The van der Waals surface area contributed by atoms with Crippen LogP contribution in [-0.2, 0) is 0 Å². The Bertz CT molecular complexity index is 337. The minimum Gasteiger partial charge on any atom is -0.508 e. The van der Waals surface area contributed by atoms with Gasteiger partial charge in [-0.25, -0.2) is 0 Å². The van der Waals surface area contributed by atoms with Crippen LogP contribution in [0.4, 0.5) is 0 Å². The Morgan fingerprint density at radius 3 is 2.60 bits per heavy atom. The second-order valence-corrected chi connectivity index (χ2v) is 4.51. The summed E-state index contributed by atoms with van der Waals surface area (Å²) in [6, 6.07) is 7.66. The largest absolute Gasteiger partial charge is 0.508 e. The van der Waals surface area contributed by atoms with Gasteiger partial charge in [0.15, 0.2) is 0 Å². The van der Waals surface area contributed by atoms with Gasteiger partial charge in [0.05, 0.1) is 0 Å². The van der Waals surface area contributed by atoms with Crippen LogP contribution >= 0.6 is 0 Å². The van der Waals surface area contributed by atoms with Gasteiger partial charge in [-0.05, 0) is 48.8 Å². The van der Waals surface area contributed by atoms with Gasteiger partial charge >= 0.3 is 0 Å². The van der Waals surface area contributed by atoms with Gasteiger partial charge in [-0.3, -0.25) is 0 Å². The molecule has 1 aliphatic carbocycles. The third-order valence-electron chi connectivity index (χ3n) is 3.22. The molecule has 1 aromatic carbocycles. The van der Waals surface area contributed by atoms with E-state index in [1.165, 1.54) is 18.4 Å². The number of aromatic hydroxyl groups is 1. The predicted molar refractivity (Wildman–Crippen MR) is 63.0 cm³/mol. The monoisotopic (exact) mass is 202 g/mol. The smallest absolute Gasteiger partial charge is 0.115 e. The van der Waals surface area contributed by atoms with Crippen LogP contribution in [0.3, 0.4) is 0 Å². The molecule has 15 heavy (non-hydrogen) atoms. The summed E-state index contributed by atoms with van der Waals surface area (Å²) in [6.45, 7) is 2.27. The second kappa shape index (κ2) is 4.52. The summed E-state index contributed by atoms with van der Waals surface area (Å²) in [5.41, 5.74) is 1.35. The topological polar surface area (TPSA) is 20.2 Å². The molecule has 0 saturated heterocycles. The molecule has 1 aromatic rings. The van der Waals surface area contributed by atoms with Gasteiger partial charge < -0.3 is 5.11 Å². The first-order valence-electron chi connectivity index (χ1n) is 5.71. The van der Waals surface area contributed by atoms with Crippen LogP contribution in [0.25, 0.3) is 0 Å². The zero-order valence-corrected chi connectivity index (χ0v) is 9.19. The van der Waals surface area contributed by atoms with Crippen molar-refractivity contribution in [3.8, 4) is 5.75 Å². The highest BCUT2D eigenvalue weighted by atomic mass is 16.3. The molecule has 0 spiro atoms. The van der Waals surface area contributed by atoms with Gasteiger partial charge in [0.1, 0.15) is 5.75 Å². The van der Waals surface area contributed by atoms with Gasteiger partial charge in [0.25, 0.3) is 0 Å². The molecule has 0 bridgehead atoms. The molecular weight excluding hydrogens is 184 g/mol. The zero-order valence-electron chi connectivity index (χ0n) is 9.19. The zero-order chi connectivity index (χ0) is 10.7. The lowest BCUT2D eigenvalue weighted by molar-refractivity contribution is 0.474. The predicted octanol–water partition coefficient (Wildman–Crippen LogP) is 3.85. The number of benzene rings is 1. The molecule has 1 N–H and O–H groups in total. The van der Waals surface area contributed by atoms with Crippen molar-refractivity contribution in [3.05, 3.63) is 42.0 Å². The maximum Gasteiger partial charge on any atom is 0.115 e. The van der Waals surface area contributed by atoms with Crippen LogP contribution in [-0.4, -0.2) is 5.11 Å². The quantitative estimate of drug-likeness (QED) is 0.686.